The predicted octanol–water partition coefficient (Wildman–Crippen LogP) is 3.22. The van der Waals surface area contributed by atoms with E-state index < -0.39 is 0 Å². The number of aromatic nitrogens is 2. The summed E-state index contributed by atoms with van der Waals surface area (Å²) in [5.41, 5.74) is 3.19. The molecule has 2 rings (SSSR count). The molecule has 2 heterocycles. The summed E-state index contributed by atoms with van der Waals surface area (Å²) in [6.45, 7) is 5.28. The first-order valence-electron chi connectivity index (χ1n) is 7.06. The number of hydrogen-bond donors (Lipinski definition) is 1. The molecule has 8 heteroatoms. The summed E-state index contributed by atoms with van der Waals surface area (Å²) in [5.74, 6) is 1.67. The Bertz CT molecular complexity index is 660. The second kappa shape index (κ2) is 8.72. The standard InChI is InChI=1S/C15H22BrN5O.HI/c1-10-14(11(2)22-19-10)7-18-15(17-3)21(5)9-13-6-12(16)8-20(13)4;/h6,8H,7,9H2,1-5H3,(H,17,18);1H. The van der Waals surface area contributed by atoms with Crippen LogP contribution >= 0.6 is 39.9 Å². The van der Waals surface area contributed by atoms with E-state index in [1.807, 2.05) is 34.1 Å². The van der Waals surface area contributed by atoms with Gasteiger partial charge in [0, 0.05) is 49.6 Å². The Hall–Kier alpha value is -1.03. The van der Waals surface area contributed by atoms with Crippen LogP contribution in [-0.2, 0) is 20.1 Å². The van der Waals surface area contributed by atoms with Crippen molar-refractivity contribution < 1.29 is 4.52 Å². The Morgan fingerprint density at radius 1 is 1.48 bits per heavy atom. The summed E-state index contributed by atoms with van der Waals surface area (Å²) in [5, 5.41) is 7.32. The third-order valence-electron chi connectivity index (χ3n) is 3.65. The van der Waals surface area contributed by atoms with Crippen LogP contribution in [0.1, 0.15) is 22.7 Å². The van der Waals surface area contributed by atoms with Crippen molar-refractivity contribution in [1.82, 2.24) is 19.9 Å². The van der Waals surface area contributed by atoms with Crippen LogP contribution in [0.2, 0.25) is 0 Å². The number of halogens is 2. The van der Waals surface area contributed by atoms with E-state index in [1.54, 1.807) is 7.05 Å². The van der Waals surface area contributed by atoms with Gasteiger partial charge in [-0.25, -0.2) is 0 Å². The van der Waals surface area contributed by atoms with Crippen LogP contribution < -0.4 is 5.32 Å². The molecule has 0 radical (unpaired) electrons. The molecule has 2 aromatic rings. The monoisotopic (exact) mass is 495 g/mol. The summed E-state index contributed by atoms with van der Waals surface area (Å²) < 4.78 is 8.36. The summed E-state index contributed by atoms with van der Waals surface area (Å²) in [7, 11) is 5.84. The van der Waals surface area contributed by atoms with Crippen LogP contribution in [0.3, 0.4) is 0 Å². The van der Waals surface area contributed by atoms with Crippen molar-refractivity contribution in [2.24, 2.45) is 12.0 Å². The summed E-state index contributed by atoms with van der Waals surface area (Å²) in [6.07, 6.45) is 2.04. The smallest absolute Gasteiger partial charge is 0.194 e. The normalized spacial score (nSPS) is 11.3. The van der Waals surface area contributed by atoms with Crippen LogP contribution in [0.15, 0.2) is 26.3 Å². The zero-order chi connectivity index (χ0) is 16.3. The van der Waals surface area contributed by atoms with Gasteiger partial charge >= 0.3 is 0 Å². The Kier molecular flexibility index (Phi) is 7.59. The average molecular weight is 496 g/mol. The predicted molar refractivity (Wildman–Crippen MR) is 106 cm³/mol. The van der Waals surface area contributed by atoms with Gasteiger partial charge in [0.1, 0.15) is 5.76 Å². The number of rotatable bonds is 4. The summed E-state index contributed by atoms with van der Waals surface area (Å²) in [4.78, 5) is 6.42. The van der Waals surface area contributed by atoms with Gasteiger partial charge in [-0.05, 0) is 35.8 Å². The van der Waals surface area contributed by atoms with E-state index in [2.05, 4.69) is 46.9 Å². The molecule has 128 valence electrons. The molecular formula is C15H23BrIN5O. The highest BCUT2D eigenvalue weighted by atomic mass is 127. The molecule has 0 aromatic carbocycles. The first-order chi connectivity index (χ1) is 10.4. The molecule has 0 bridgehead atoms. The zero-order valence-electron chi connectivity index (χ0n) is 14.1. The largest absolute Gasteiger partial charge is 0.361 e. The minimum Gasteiger partial charge on any atom is -0.361 e. The lowest BCUT2D eigenvalue weighted by Crippen LogP contribution is -2.38. The fourth-order valence-electron chi connectivity index (χ4n) is 2.35. The molecule has 0 spiro atoms. The average Bonchev–Trinajstić information content (AvgIpc) is 2.94. The lowest BCUT2D eigenvalue weighted by Gasteiger charge is -2.22. The Balaban J connectivity index is 0.00000264. The quantitative estimate of drug-likeness (QED) is 0.402. The molecule has 0 fully saturated rings. The van der Waals surface area contributed by atoms with Gasteiger partial charge < -0.3 is 19.3 Å². The molecule has 0 amide bonds. The molecule has 0 atom stereocenters. The molecular weight excluding hydrogens is 473 g/mol. The lowest BCUT2D eigenvalue weighted by molar-refractivity contribution is 0.392. The van der Waals surface area contributed by atoms with Gasteiger partial charge in [-0.15, -0.1) is 24.0 Å². The molecule has 0 saturated carbocycles. The lowest BCUT2D eigenvalue weighted by atomic mass is 10.2. The molecule has 0 unspecified atom stereocenters. The van der Waals surface area contributed by atoms with Gasteiger partial charge in [0.2, 0.25) is 0 Å². The van der Waals surface area contributed by atoms with Crippen molar-refractivity contribution in [1.29, 1.82) is 0 Å². The van der Waals surface area contributed by atoms with Gasteiger partial charge in [0.05, 0.1) is 12.2 Å². The maximum absolute atomic E-state index is 5.18. The Morgan fingerprint density at radius 3 is 2.65 bits per heavy atom. The van der Waals surface area contributed by atoms with Gasteiger partial charge in [-0.2, -0.15) is 0 Å². The molecule has 2 aromatic heterocycles. The molecule has 0 aliphatic heterocycles. The number of nitrogens with zero attached hydrogens (tertiary/aromatic N) is 4. The van der Waals surface area contributed by atoms with Crippen LogP contribution in [0, 0.1) is 13.8 Å². The van der Waals surface area contributed by atoms with Crippen LogP contribution in [-0.4, -0.2) is 34.7 Å². The van der Waals surface area contributed by atoms with E-state index in [-0.39, 0.29) is 24.0 Å². The van der Waals surface area contributed by atoms with E-state index in [0.717, 1.165) is 34.0 Å². The summed E-state index contributed by atoms with van der Waals surface area (Å²) >= 11 is 3.50. The minimum atomic E-state index is 0. The van der Waals surface area contributed by atoms with E-state index in [4.69, 9.17) is 4.52 Å². The second-order valence-electron chi connectivity index (χ2n) is 5.32. The highest BCUT2D eigenvalue weighted by Crippen LogP contribution is 2.15. The number of aryl methyl sites for hydroxylation is 3. The molecule has 0 aliphatic rings. The van der Waals surface area contributed by atoms with Crippen LogP contribution in [0.25, 0.3) is 0 Å². The van der Waals surface area contributed by atoms with E-state index >= 15 is 0 Å². The van der Waals surface area contributed by atoms with Crippen LogP contribution in [0.5, 0.6) is 0 Å². The molecule has 23 heavy (non-hydrogen) atoms. The van der Waals surface area contributed by atoms with E-state index in [1.165, 1.54) is 5.69 Å². The number of guanidine groups is 1. The highest BCUT2D eigenvalue weighted by molar-refractivity contribution is 14.0. The first kappa shape index (κ1) is 20.0. The van der Waals surface area contributed by atoms with Crippen molar-refractivity contribution in [2.45, 2.75) is 26.9 Å². The number of nitrogens with one attached hydrogen (secondary N) is 1. The van der Waals surface area contributed by atoms with Gasteiger partial charge in [-0.3, -0.25) is 4.99 Å². The van der Waals surface area contributed by atoms with Crippen molar-refractivity contribution in [2.75, 3.05) is 14.1 Å². The zero-order valence-corrected chi connectivity index (χ0v) is 18.0. The minimum absolute atomic E-state index is 0. The van der Waals surface area contributed by atoms with Crippen molar-refractivity contribution in [3.63, 3.8) is 0 Å². The van der Waals surface area contributed by atoms with E-state index in [9.17, 15) is 0 Å². The fourth-order valence-corrected chi connectivity index (χ4v) is 2.92. The maximum atomic E-state index is 5.18. The fraction of sp³-hybridized carbons (Fsp3) is 0.467. The Morgan fingerprint density at radius 2 is 2.17 bits per heavy atom. The SMILES string of the molecule is CN=C(NCc1c(C)noc1C)N(C)Cc1cc(Br)cn1C.I. The molecule has 6 nitrogen and oxygen atoms in total. The first-order valence-corrected chi connectivity index (χ1v) is 7.86. The Labute approximate surface area is 162 Å². The third kappa shape index (κ3) is 4.97. The van der Waals surface area contributed by atoms with E-state index in [0.29, 0.717) is 6.54 Å². The maximum Gasteiger partial charge on any atom is 0.194 e. The number of aliphatic imine (C=N–C) groups is 1. The highest BCUT2D eigenvalue weighted by Gasteiger charge is 2.13. The molecule has 1 N–H and O–H groups in total. The topological polar surface area (TPSA) is 58.6 Å². The summed E-state index contributed by atoms with van der Waals surface area (Å²) in [6, 6.07) is 2.11. The van der Waals surface area contributed by atoms with Gasteiger partial charge in [0.15, 0.2) is 5.96 Å². The molecule has 0 aliphatic carbocycles. The van der Waals surface area contributed by atoms with Gasteiger partial charge in [-0.1, -0.05) is 5.16 Å². The number of hydrogen-bond acceptors (Lipinski definition) is 3. The third-order valence-corrected chi connectivity index (χ3v) is 4.09. The van der Waals surface area contributed by atoms with Crippen molar-refractivity contribution in [3.8, 4) is 0 Å². The van der Waals surface area contributed by atoms with Crippen molar-refractivity contribution >= 4 is 45.9 Å². The van der Waals surface area contributed by atoms with Crippen LogP contribution in [0.4, 0.5) is 0 Å². The molecule has 0 saturated heterocycles. The second-order valence-corrected chi connectivity index (χ2v) is 6.24. The van der Waals surface area contributed by atoms with Crippen molar-refractivity contribution in [3.05, 3.63) is 39.4 Å². The van der Waals surface area contributed by atoms with Gasteiger partial charge in [0.25, 0.3) is 0 Å².